The van der Waals surface area contributed by atoms with Crippen LogP contribution in [0.3, 0.4) is 0 Å². The zero-order chi connectivity index (χ0) is 26.7. The summed E-state index contributed by atoms with van der Waals surface area (Å²) in [6, 6.07) is 15.0. The van der Waals surface area contributed by atoms with Crippen molar-refractivity contribution in [3.05, 3.63) is 48.5 Å². The van der Waals surface area contributed by atoms with Gasteiger partial charge in [0.25, 0.3) is 5.92 Å². The molecule has 0 radical (unpaired) electrons. The Bertz CT molecular complexity index is 1080. The molecular formula is C28H41F2N3O3. The number of hydrogen-bond acceptors (Lipinski definition) is 6. The first-order chi connectivity index (χ1) is 17.4. The summed E-state index contributed by atoms with van der Waals surface area (Å²) >= 11 is 0. The topological polar surface area (TPSA) is 55.9 Å². The van der Waals surface area contributed by atoms with Crippen molar-refractivity contribution >= 4 is 16.6 Å². The number of alkyl halides is 2. The van der Waals surface area contributed by atoms with Crippen molar-refractivity contribution in [1.82, 2.24) is 10.3 Å². The van der Waals surface area contributed by atoms with Gasteiger partial charge in [-0.3, -0.25) is 0 Å². The first-order valence-electron chi connectivity index (χ1n) is 12.5. The number of pyridine rings is 1. The Morgan fingerprint density at radius 2 is 1.69 bits per heavy atom. The molecule has 6 nitrogen and oxygen atoms in total. The lowest BCUT2D eigenvalue weighted by Crippen LogP contribution is -2.33. The minimum absolute atomic E-state index is 0. The van der Waals surface area contributed by atoms with Crippen molar-refractivity contribution in [2.24, 2.45) is 0 Å². The van der Waals surface area contributed by atoms with E-state index in [0.717, 1.165) is 23.2 Å². The van der Waals surface area contributed by atoms with Gasteiger partial charge in [0.2, 0.25) is 0 Å². The monoisotopic (exact) mass is 505 g/mol. The molecule has 36 heavy (non-hydrogen) atoms. The van der Waals surface area contributed by atoms with Crippen LogP contribution >= 0.6 is 0 Å². The quantitative estimate of drug-likeness (QED) is 0.364. The Kier molecular flexibility index (Phi) is 11.3. The average Bonchev–Trinajstić information content (AvgIpc) is 3.24. The van der Waals surface area contributed by atoms with Gasteiger partial charge in [0.1, 0.15) is 24.2 Å². The highest BCUT2D eigenvalue weighted by Gasteiger charge is 2.49. The van der Waals surface area contributed by atoms with E-state index in [-0.39, 0.29) is 7.97 Å². The van der Waals surface area contributed by atoms with Crippen molar-refractivity contribution in [2.45, 2.75) is 39.7 Å². The number of anilines is 1. The minimum Gasteiger partial charge on any atom is -0.497 e. The molecule has 1 N–H and O–H groups in total. The number of aromatic nitrogens is 1. The summed E-state index contributed by atoms with van der Waals surface area (Å²) in [5, 5.41) is 3.82. The van der Waals surface area contributed by atoms with E-state index in [1.807, 2.05) is 83.3 Å². The number of likely N-dealkylation sites (N-methyl/N-ethyl adjacent to an activating group) is 1. The van der Waals surface area contributed by atoms with Crippen LogP contribution in [0, 0.1) is 0 Å². The van der Waals surface area contributed by atoms with Crippen LogP contribution in [0.25, 0.3) is 22.2 Å². The largest absolute Gasteiger partial charge is 0.497 e. The fourth-order valence-electron chi connectivity index (χ4n) is 3.90. The van der Waals surface area contributed by atoms with E-state index in [4.69, 9.17) is 19.2 Å². The van der Waals surface area contributed by atoms with Gasteiger partial charge in [-0.15, -0.1) is 0 Å². The van der Waals surface area contributed by atoms with Gasteiger partial charge < -0.3 is 24.4 Å². The van der Waals surface area contributed by atoms with Gasteiger partial charge in [-0.2, -0.15) is 0 Å². The smallest absolute Gasteiger partial charge is 0.292 e. The van der Waals surface area contributed by atoms with Gasteiger partial charge in [0.05, 0.1) is 31.4 Å². The third kappa shape index (κ3) is 6.83. The molecule has 1 fully saturated rings. The first kappa shape index (κ1) is 29.3. The van der Waals surface area contributed by atoms with Crippen molar-refractivity contribution in [3.8, 4) is 22.8 Å². The second-order valence-corrected chi connectivity index (χ2v) is 7.75. The van der Waals surface area contributed by atoms with Crippen LogP contribution in [0.5, 0.6) is 11.5 Å². The molecule has 3 aromatic rings. The summed E-state index contributed by atoms with van der Waals surface area (Å²) in [6.45, 7) is 9.01. The molecule has 0 unspecified atom stereocenters. The van der Waals surface area contributed by atoms with Crippen molar-refractivity contribution < 1.29 is 24.4 Å². The van der Waals surface area contributed by atoms with E-state index < -0.39 is 18.6 Å². The summed E-state index contributed by atoms with van der Waals surface area (Å²) < 4.78 is 45.0. The highest BCUT2D eigenvalue weighted by Crippen LogP contribution is 2.38. The third-order valence-electron chi connectivity index (χ3n) is 5.65. The number of fused-ring (bicyclic) bond motifs is 1. The Balaban J connectivity index is 0.00000131. The van der Waals surface area contributed by atoms with Crippen LogP contribution < -0.4 is 19.7 Å². The lowest BCUT2D eigenvalue weighted by Gasteiger charge is -2.21. The molecule has 1 aromatic heterocycles. The summed E-state index contributed by atoms with van der Waals surface area (Å²) in [7, 11) is 4.78. The predicted octanol–water partition coefficient (Wildman–Crippen LogP) is 6.28. The predicted molar refractivity (Wildman–Crippen MR) is 146 cm³/mol. The van der Waals surface area contributed by atoms with Crippen LogP contribution in [-0.2, 0) is 4.74 Å². The normalized spacial score (nSPS) is 16.0. The lowest BCUT2D eigenvalue weighted by molar-refractivity contribution is -0.0889. The van der Waals surface area contributed by atoms with Crippen LogP contribution in [0.15, 0.2) is 48.5 Å². The average molecular weight is 506 g/mol. The number of rotatable bonds is 8. The minimum atomic E-state index is -2.93. The Morgan fingerprint density at radius 1 is 1.03 bits per heavy atom. The highest BCUT2D eigenvalue weighted by molar-refractivity contribution is 5.95. The fraction of sp³-hybridized carbons (Fsp3) is 0.464. The van der Waals surface area contributed by atoms with Gasteiger partial charge in [-0.1, -0.05) is 27.7 Å². The Labute approximate surface area is 215 Å². The van der Waals surface area contributed by atoms with Gasteiger partial charge in [0, 0.05) is 37.8 Å². The molecule has 1 saturated heterocycles. The SMILES string of the molecule is CC.CC.CNCCOc1ccc(-c2cc(N3C[C@H](OC)C(F)(F)C3)c3ccc(OC)cc3n2)cc1.[HH]. The zero-order valence-electron chi connectivity index (χ0n) is 22.4. The molecule has 8 heteroatoms. The number of benzene rings is 2. The number of ether oxygens (including phenoxy) is 3. The van der Waals surface area contributed by atoms with E-state index in [1.165, 1.54) is 7.11 Å². The molecule has 0 saturated carbocycles. The summed E-state index contributed by atoms with van der Waals surface area (Å²) in [6.07, 6.45) is -1.15. The number of halogens is 2. The maximum atomic E-state index is 14.4. The van der Waals surface area contributed by atoms with Crippen molar-refractivity contribution in [1.29, 1.82) is 0 Å². The second-order valence-electron chi connectivity index (χ2n) is 7.75. The number of nitrogens with zero attached hydrogens (tertiary/aromatic N) is 2. The molecule has 0 spiro atoms. The summed E-state index contributed by atoms with van der Waals surface area (Å²) in [4.78, 5) is 6.46. The summed E-state index contributed by atoms with van der Waals surface area (Å²) in [5.74, 6) is -1.51. The van der Waals surface area contributed by atoms with E-state index >= 15 is 0 Å². The van der Waals surface area contributed by atoms with Crippen molar-refractivity contribution in [2.75, 3.05) is 52.4 Å². The highest BCUT2D eigenvalue weighted by atomic mass is 19.3. The van der Waals surface area contributed by atoms with Crippen LogP contribution in [0.4, 0.5) is 14.5 Å². The molecule has 1 aliphatic rings. The molecule has 0 bridgehead atoms. The van der Waals surface area contributed by atoms with Crippen LogP contribution in [0.1, 0.15) is 29.1 Å². The van der Waals surface area contributed by atoms with E-state index in [2.05, 4.69) is 5.32 Å². The standard InChI is InChI=1S/C24H27F2N3O3.2C2H6.H2/c1-27-10-11-32-17-6-4-16(5-7-17)20-13-22(29-14-23(31-3)24(25,26)15-29)19-9-8-18(30-2)12-21(19)28-20;2*1-2;/h4-9,12-13,23,27H,10-11,14-15H2,1-3H3;2*1-2H3;1H/t23-;;;/m0.../s1. The summed E-state index contributed by atoms with van der Waals surface area (Å²) in [5.41, 5.74) is 2.93. The third-order valence-corrected chi connectivity index (χ3v) is 5.65. The van der Waals surface area contributed by atoms with E-state index in [9.17, 15) is 8.78 Å². The second kappa shape index (κ2) is 13.9. The van der Waals surface area contributed by atoms with Gasteiger partial charge in [-0.25, -0.2) is 13.8 Å². The Hall–Kier alpha value is -2.97. The van der Waals surface area contributed by atoms with E-state index in [1.54, 1.807) is 12.0 Å². The molecular weight excluding hydrogens is 464 g/mol. The number of nitrogens with one attached hydrogen (secondary N) is 1. The van der Waals surface area contributed by atoms with Gasteiger partial charge in [-0.05, 0) is 49.5 Å². The van der Waals surface area contributed by atoms with Crippen LogP contribution in [-0.4, -0.2) is 64.5 Å². The molecule has 1 atom stereocenters. The van der Waals surface area contributed by atoms with E-state index in [0.29, 0.717) is 29.3 Å². The molecule has 0 aliphatic carbocycles. The number of methoxy groups -OCH3 is 2. The van der Waals surface area contributed by atoms with Gasteiger partial charge >= 0.3 is 0 Å². The fourth-order valence-corrected chi connectivity index (χ4v) is 3.90. The molecule has 200 valence electrons. The molecule has 1 aliphatic heterocycles. The molecule has 2 heterocycles. The molecule has 0 amide bonds. The molecule has 2 aromatic carbocycles. The Morgan fingerprint density at radius 3 is 2.28 bits per heavy atom. The van der Waals surface area contributed by atoms with Crippen LogP contribution in [0.2, 0.25) is 0 Å². The maximum absolute atomic E-state index is 14.4. The maximum Gasteiger partial charge on any atom is 0.292 e. The zero-order valence-corrected chi connectivity index (χ0v) is 22.4. The molecule has 4 rings (SSSR count). The van der Waals surface area contributed by atoms with Gasteiger partial charge in [0.15, 0.2) is 0 Å². The first-order valence-corrected chi connectivity index (χ1v) is 12.5. The van der Waals surface area contributed by atoms with Crippen molar-refractivity contribution in [3.63, 3.8) is 0 Å². The number of hydrogen-bond donors (Lipinski definition) is 1. The lowest BCUT2D eigenvalue weighted by atomic mass is 10.1.